The van der Waals surface area contributed by atoms with E-state index >= 15 is 0 Å². The lowest BCUT2D eigenvalue weighted by Crippen LogP contribution is -2.37. The SMILES string of the molecule is COCCCNC(=O)NC(C)c1ccc(-n2cncn2)cc1. The molecule has 2 rings (SSSR count). The number of carbonyl (C=O) groups is 1. The summed E-state index contributed by atoms with van der Waals surface area (Å²) in [5.41, 5.74) is 1.95. The monoisotopic (exact) mass is 303 g/mol. The summed E-state index contributed by atoms with van der Waals surface area (Å²) in [6, 6.07) is 7.56. The molecule has 0 aliphatic rings. The first-order chi connectivity index (χ1) is 10.7. The van der Waals surface area contributed by atoms with Gasteiger partial charge in [-0.2, -0.15) is 5.10 Å². The summed E-state index contributed by atoms with van der Waals surface area (Å²) in [4.78, 5) is 15.7. The fourth-order valence-electron chi connectivity index (χ4n) is 2.01. The minimum atomic E-state index is -0.177. The van der Waals surface area contributed by atoms with Gasteiger partial charge in [0, 0.05) is 20.3 Å². The number of carbonyl (C=O) groups excluding carboxylic acids is 1. The van der Waals surface area contributed by atoms with Crippen LogP contribution in [0.25, 0.3) is 5.69 Å². The first-order valence-corrected chi connectivity index (χ1v) is 7.19. The van der Waals surface area contributed by atoms with Crippen molar-refractivity contribution in [1.82, 2.24) is 25.4 Å². The van der Waals surface area contributed by atoms with Gasteiger partial charge in [-0.3, -0.25) is 0 Å². The van der Waals surface area contributed by atoms with E-state index in [1.165, 1.54) is 6.33 Å². The van der Waals surface area contributed by atoms with Crippen LogP contribution in [-0.2, 0) is 4.74 Å². The van der Waals surface area contributed by atoms with Gasteiger partial charge >= 0.3 is 6.03 Å². The Morgan fingerprint density at radius 3 is 2.77 bits per heavy atom. The average molecular weight is 303 g/mol. The molecule has 22 heavy (non-hydrogen) atoms. The van der Waals surface area contributed by atoms with Crippen LogP contribution in [0.1, 0.15) is 24.9 Å². The van der Waals surface area contributed by atoms with Crippen molar-refractivity contribution in [3.8, 4) is 5.69 Å². The number of benzene rings is 1. The third-order valence-electron chi connectivity index (χ3n) is 3.23. The molecule has 118 valence electrons. The maximum absolute atomic E-state index is 11.8. The molecule has 0 aliphatic heterocycles. The summed E-state index contributed by atoms with van der Waals surface area (Å²) in [5.74, 6) is 0. The normalized spacial score (nSPS) is 11.9. The van der Waals surface area contributed by atoms with Gasteiger partial charge in [-0.05, 0) is 31.0 Å². The fourth-order valence-corrected chi connectivity index (χ4v) is 2.01. The number of rotatable bonds is 7. The van der Waals surface area contributed by atoms with E-state index in [1.807, 2.05) is 31.2 Å². The Kier molecular flexibility index (Phi) is 5.91. The summed E-state index contributed by atoms with van der Waals surface area (Å²) in [6.45, 7) is 3.18. The van der Waals surface area contributed by atoms with Crippen LogP contribution >= 0.6 is 0 Å². The van der Waals surface area contributed by atoms with Crippen LogP contribution in [0.15, 0.2) is 36.9 Å². The van der Waals surface area contributed by atoms with E-state index in [9.17, 15) is 4.79 Å². The predicted octanol–water partition coefficient (Wildman–Crippen LogP) is 1.66. The quantitative estimate of drug-likeness (QED) is 0.762. The molecular formula is C15H21N5O2. The predicted molar refractivity (Wildman–Crippen MR) is 82.8 cm³/mol. The number of hydrogen-bond acceptors (Lipinski definition) is 4. The second-order valence-corrected chi connectivity index (χ2v) is 4.90. The number of amides is 2. The molecule has 2 aromatic rings. The summed E-state index contributed by atoms with van der Waals surface area (Å²) in [5, 5.41) is 9.77. The first-order valence-electron chi connectivity index (χ1n) is 7.19. The highest BCUT2D eigenvalue weighted by atomic mass is 16.5. The zero-order chi connectivity index (χ0) is 15.8. The van der Waals surface area contributed by atoms with Gasteiger partial charge in [0.2, 0.25) is 0 Å². The van der Waals surface area contributed by atoms with E-state index in [4.69, 9.17) is 4.74 Å². The minimum absolute atomic E-state index is 0.0766. The number of ether oxygens (including phenoxy) is 1. The largest absolute Gasteiger partial charge is 0.385 e. The Labute approximate surface area is 129 Å². The Bertz CT molecular complexity index is 568. The summed E-state index contributed by atoms with van der Waals surface area (Å²) in [6.07, 6.45) is 3.93. The van der Waals surface area contributed by atoms with E-state index in [2.05, 4.69) is 20.7 Å². The van der Waals surface area contributed by atoms with Crippen LogP contribution in [0, 0.1) is 0 Å². The molecule has 7 nitrogen and oxygen atoms in total. The zero-order valence-electron chi connectivity index (χ0n) is 12.8. The van der Waals surface area contributed by atoms with E-state index in [-0.39, 0.29) is 12.1 Å². The molecule has 0 spiro atoms. The lowest BCUT2D eigenvalue weighted by Gasteiger charge is -2.15. The van der Waals surface area contributed by atoms with Crippen molar-refractivity contribution < 1.29 is 9.53 Å². The van der Waals surface area contributed by atoms with Crippen LogP contribution in [0.3, 0.4) is 0 Å². The topological polar surface area (TPSA) is 81.1 Å². The van der Waals surface area contributed by atoms with Crippen molar-refractivity contribution in [1.29, 1.82) is 0 Å². The molecule has 1 atom stereocenters. The molecule has 1 aromatic heterocycles. The van der Waals surface area contributed by atoms with E-state index in [0.29, 0.717) is 13.2 Å². The van der Waals surface area contributed by atoms with Crippen molar-refractivity contribution in [3.05, 3.63) is 42.5 Å². The highest BCUT2D eigenvalue weighted by Crippen LogP contribution is 2.14. The number of urea groups is 1. The summed E-state index contributed by atoms with van der Waals surface area (Å²) >= 11 is 0. The van der Waals surface area contributed by atoms with Gasteiger partial charge in [0.15, 0.2) is 0 Å². The highest BCUT2D eigenvalue weighted by Gasteiger charge is 2.09. The van der Waals surface area contributed by atoms with Gasteiger partial charge < -0.3 is 15.4 Å². The molecular weight excluding hydrogens is 282 g/mol. The standard InChI is InChI=1S/C15H21N5O2/c1-12(19-15(21)17-8-3-9-22-2)13-4-6-14(7-5-13)20-11-16-10-18-20/h4-7,10-12H,3,8-9H2,1-2H3,(H2,17,19,21). The molecule has 0 fully saturated rings. The van der Waals surface area contributed by atoms with Crippen LogP contribution < -0.4 is 10.6 Å². The lowest BCUT2D eigenvalue weighted by atomic mass is 10.1. The number of hydrogen-bond donors (Lipinski definition) is 2. The van der Waals surface area contributed by atoms with Crippen molar-refractivity contribution in [2.24, 2.45) is 0 Å². The molecule has 0 radical (unpaired) electrons. The van der Waals surface area contributed by atoms with Gasteiger partial charge in [-0.25, -0.2) is 14.5 Å². The number of methoxy groups -OCH3 is 1. The molecule has 1 unspecified atom stereocenters. The average Bonchev–Trinajstić information content (AvgIpc) is 3.06. The Balaban J connectivity index is 1.84. The Morgan fingerprint density at radius 1 is 1.36 bits per heavy atom. The summed E-state index contributed by atoms with van der Waals surface area (Å²) in [7, 11) is 1.64. The molecule has 7 heteroatoms. The molecule has 1 heterocycles. The molecule has 0 aliphatic carbocycles. The second-order valence-electron chi connectivity index (χ2n) is 4.90. The van der Waals surface area contributed by atoms with E-state index in [0.717, 1.165) is 17.7 Å². The molecule has 0 saturated heterocycles. The molecule has 2 N–H and O–H groups in total. The molecule has 0 bridgehead atoms. The third-order valence-corrected chi connectivity index (χ3v) is 3.23. The molecule has 2 amide bonds. The van der Waals surface area contributed by atoms with Crippen molar-refractivity contribution in [2.45, 2.75) is 19.4 Å². The molecule has 1 aromatic carbocycles. The second kappa shape index (κ2) is 8.14. The smallest absolute Gasteiger partial charge is 0.315 e. The van der Waals surface area contributed by atoms with Gasteiger partial charge in [0.25, 0.3) is 0 Å². The van der Waals surface area contributed by atoms with Crippen molar-refractivity contribution >= 4 is 6.03 Å². The highest BCUT2D eigenvalue weighted by molar-refractivity contribution is 5.74. The third kappa shape index (κ3) is 4.56. The first kappa shape index (κ1) is 16.0. The minimum Gasteiger partial charge on any atom is -0.385 e. The van der Waals surface area contributed by atoms with E-state index in [1.54, 1.807) is 18.1 Å². The van der Waals surface area contributed by atoms with Gasteiger partial charge in [-0.15, -0.1) is 0 Å². The van der Waals surface area contributed by atoms with Crippen molar-refractivity contribution in [3.63, 3.8) is 0 Å². The van der Waals surface area contributed by atoms with Gasteiger partial charge in [-0.1, -0.05) is 12.1 Å². The number of aromatic nitrogens is 3. The number of nitrogens with one attached hydrogen (secondary N) is 2. The van der Waals surface area contributed by atoms with E-state index < -0.39 is 0 Å². The zero-order valence-corrected chi connectivity index (χ0v) is 12.8. The molecule has 0 saturated carbocycles. The van der Waals surface area contributed by atoms with Crippen LogP contribution in [0.2, 0.25) is 0 Å². The summed E-state index contributed by atoms with van der Waals surface area (Å²) < 4.78 is 6.62. The Morgan fingerprint density at radius 2 is 2.14 bits per heavy atom. The maximum Gasteiger partial charge on any atom is 0.315 e. The lowest BCUT2D eigenvalue weighted by molar-refractivity contribution is 0.193. The van der Waals surface area contributed by atoms with Gasteiger partial charge in [0.1, 0.15) is 12.7 Å². The van der Waals surface area contributed by atoms with Crippen LogP contribution in [-0.4, -0.2) is 41.1 Å². The van der Waals surface area contributed by atoms with Gasteiger partial charge in [0.05, 0.1) is 11.7 Å². The van der Waals surface area contributed by atoms with Crippen molar-refractivity contribution in [2.75, 3.05) is 20.3 Å². The number of nitrogens with zero attached hydrogens (tertiary/aromatic N) is 3. The fraction of sp³-hybridized carbons (Fsp3) is 0.400. The van der Waals surface area contributed by atoms with Crippen LogP contribution in [0.5, 0.6) is 0 Å². The maximum atomic E-state index is 11.8. The Hall–Kier alpha value is -2.41. The van der Waals surface area contributed by atoms with Crippen LogP contribution in [0.4, 0.5) is 4.79 Å².